The zero-order valence-corrected chi connectivity index (χ0v) is 19.9. The van der Waals surface area contributed by atoms with Crippen LogP contribution in [0, 0.1) is 0 Å². The SMILES string of the molecule is NC(=O)c1cnc2cc(N3CCOCC3)nc(OC3CCC(Nc4ncc(C(F)(F)F)cn4)CC3)c2c1. The average Bonchev–Trinajstić information content (AvgIpc) is 2.90. The molecule has 0 atom stereocenters. The molecule has 10 nitrogen and oxygen atoms in total. The van der Waals surface area contributed by atoms with Gasteiger partial charge in [-0.05, 0) is 31.7 Å². The van der Waals surface area contributed by atoms with Crippen LogP contribution in [0.25, 0.3) is 10.9 Å². The summed E-state index contributed by atoms with van der Waals surface area (Å²) in [6, 6.07) is 3.51. The maximum atomic E-state index is 12.7. The van der Waals surface area contributed by atoms with Gasteiger partial charge in [-0.25, -0.2) is 9.97 Å². The van der Waals surface area contributed by atoms with Crippen molar-refractivity contribution in [2.45, 2.75) is 44.0 Å². The summed E-state index contributed by atoms with van der Waals surface area (Å²) in [5.41, 5.74) is 5.48. The maximum Gasteiger partial charge on any atom is 0.419 e. The molecule has 196 valence electrons. The van der Waals surface area contributed by atoms with E-state index in [1.807, 2.05) is 6.07 Å². The van der Waals surface area contributed by atoms with Gasteiger partial charge in [-0.15, -0.1) is 0 Å². The topological polar surface area (TPSA) is 128 Å². The monoisotopic (exact) mass is 517 g/mol. The third kappa shape index (κ3) is 5.82. The van der Waals surface area contributed by atoms with Crippen molar-refractivity contribution in [3.63, 3.8) is 0 Å². The summed E-state index contributed by atoms with van der Waals surface area (Å²) in [6.07, 6.45) is 1.17. The number of carbonyl (C=O) groups is 1. The van der Waals surface area contributed by atoms with E-state index in [0.717, 1.165) is 18.2 Å². The van der Waals surface area contributed by atoms with Crippen molar-refractivity contribution in [1.29, 1.82) is 0 Å². The standard InChI is InChI=1S/C24H26F3N7O3/c25-24(26,27)15-12-30-23(31-13-15)32-16-1-3-17(4-2-16)37-22-18-9-14(21(28)35)11-29-19(18)10-20(33-22)34-5-7-36-8-6-34/h9-13,16-17H,1-8H2,(H2,28,35)(H,30,31,32). The number of halogens is 3. The molecule has 37 heavy (non-hydrogen) atoms. The number of hydrogen-bond donors (Lipinski definition) is 2. The van der Waals surface area contributed by atoms with Gasteiger partial charge in [-0.1, -0.05) is 0 Å². The van der Waals surface area contributed by atoms with Gasteiger partial charge in [0, 0.05) is 43.8 Å². The highest BCUT2D eigenvalue weighted by Crippen LogP contribution is 2.32. The zero-order chi connectivity index (χ0) is 26.0. The number of primary amides is 1. The molecule has 0 unspecified atom stereocenters. The van der Waals surface area contributed by atoms with Gasteiger partial charge in [0.1, 0.15) is 11.9 Å². The molecule has 1 amide bonds. The Kier molecular flexibility index (Phi) is 6.96. The fraction of sp³-hybridized carbons (Fsp3) is 0.458. The van der Waals surface area contributed by atoms with Crippen molar-refractivity contribution in [1.82, 2.24) is 19.9 Å². The van der Waals surface area contributed by atoms with Crippen LogP contribution in [0.3, 0.4) is 0 Å². The lowest BCUT2D eigenvalue weighted by atomic mass is 9.93. The number of hydrogen-bond acceptors (Lipinski definition) is 9. The van der Waals surface area contributed by atoms with Crippen molar-refractivity contribution < 1.29 is 27.4 Å². The van der Waals surface area contributed by atoms with Gasteiger partial charge in [0.05, 0.1) is 35.2 Å². The van der Waals surface area contributed by atoms with E-state index in [9.17, 15) is 18.0 Å². The van der Waals surface area contributed by atoms with Crippen molar-refractivity contribution in [3.05, 3.63) is 41.9 Å². The number of alkyl halides is 3. The molecule has 5 rings (SSSR count). The number of fused-ring (bicyclic) bond motifs is 1. The molecular formula is C24H26F3N7O3. The molecule has 0 spiro atoms. The van der Waals surface area contributed by atoms with Crippen LogP contribution in [0.15, 0.2) is 30.7 Å². The molecule has 1 saturated carbocycles. The summed E-state index contributed by atoms with van der Waals surface area (Å²) < 4.78 is 50.0. The van der Waals surface area contributed by atoms with Gasteiger partial charge in [-0.3, -0.25) is 9.78 Å². The summed E-state index contributed by atoms with van der Waals surface area (Å²) in [6.45, 7) is 2.59. The Morgan fingerprint density at radius 3 is 2.41 bits per heavy atom. The van der Waals surface area contributed by atoms with E-state index in [0.29, 0.717) is 68.8 Å². The highest BCUT2D eigenvalue weighted by atomic mass is 19.4. The lowest BCUT2D eigenvalue weighted by molar-refractivity contribution is -0.138. The number of ether oxygens (including phenoxy) is 2. The molecule has 1 saturated heterocycles. The lowest BCUT2D eigenvalue weighted by Gasteiger charge is -2.31. The van der Waals surface area contributed by atoms with Crippen LogP contribution in [0.5, 0.6) is 5.88 Å². The number of carbonyl (C=O) groups excluding carboxylic acids is 1. The van der Waals surface area contributed by atoms with Gasteiger partial charge < -0.3 is 25.4 Å². The fourth-order valence-corrected chi connectivity index (χ4v) is 4.47. The molecule has 4 heterocycles. The Hall–Kier alpha value is -3.74. The second-order valence-electron chi connectivity index (χ2n) is 9.07. The van der Waals surface area contributed by atoms with Crippen molar-refractivity contribution in [2.75, 3.05) is 36.5 Å². The Bertz CT molecular complexity index is 1260. The third-order valence-electron chi connectivity index (χ3n) is 6.52. The maximum absolute atomic E-state index is 12.7. The number of morpholine rings is 1. The first-order valence-electron chi connectivity index (χ1n) is 12.0. The second kappa shape index (κ2) is 10.3. The molecule has 3 aromatic rings. The smallest absolute Gasteiger partial charge is 0.419 e. The van der Waals surface area contributed by atoms with E-state index in [4.69, 9.17) is 20.2 Å². The largest absolute Gasteiger partial charge is 0.474 e. The van der Waals surface area contributed by atoms with Gasteiger partial charge >= 0.3 is 6.18 Å². The second-order valence-corrected chi connectivity index (χ2v) is 9.07. The van der Waals surface area contributed by atoms with Gasteiger partial charge in [0.25, 0.3) is 0 Å². The molecule has 0 aromatic carbocycles. The molecule has 1 aliphatic heterocycles. The third-order valence-corrected chi connectivity index (χ3v) is 6.52. The number of pyridine rings is 2. The van der Waals surface area contributed by atoms with Gasteiger partial charge in [-0.2, -0.15) is 18.2 Å². The van der Waals surface area contributed by atoms with E-state index >= 15 is 0 Å². The van der Waals surface area contributed by atoms with Crippen LogP contribution >= 0.6 is 0 Å². The number of nitrogens with two attached hydrogens (primary N) is 1. The van der Waals surface area contributed by atoms with Crippen LogP contribution in [-0.4, -0.2) is 64.3 Å². The average molecular weight is 518 g/mol. The first kappa shape index (κ1) is 24.9. The van der Waals surface area contributed by atoms with Crippen LogP contribution in [0.4, 0.5) is 24.9 Å². The Labute approximate surface area is 210 Å². The Morgan fingerprint density at radius 2 is 1.76 bits per heavy atom. The number of nitrogens with one attached hydrogen (secondary N) is 1. The zero-order valence-electron chi connectivity index (χ0n) is 19.9. The van der Waals surface area contributed by atoms with Crippen molar-refractivity contribution in [3.8, 4) is 5.88 Å². The number of rotatable bonds is 6. The summed E-state index contributed by atoms with van der Waals surface area (Å²) in [7, 11) is 0. The Morgan fingerprint density at radius 1 is 1.05 bits per heavy atom. The number of aromatic nitrogens is 4. The first-order chi connectivity index (χ1) is 17.8. The first-order valence-corrected chi connectivity index (χ1v) is 12.0. The van der Waals surface area contributed by atoms with E-state index < -0.39 is 17.6 Å². The number of amides is 1. The molecule has 1 aliphatic carbocycles. The predicted octanol–water partition coefficient (Wildman–Crippen LogP) is 3.18. The summed E-state index contributed by atoms with van der Waals surface area (Å²) >= 11 is 0. The highest BCUT2D eigenvalue weighted by Gasteiger charge is 2.31. The molecule has 3 aromatic heterocycles. The normalized spacial score (nSPS) is 20.6. The molecule has 0 radical (unpaired) electrons. The summed E-state index contributed by atoms with van der Waals surface area (Å²) in [4.78, 5) is 30.6. The van der Waals surface area contributed by atoms with Crippen LogP contribution in [0.1, 0.15) is 41.6 Å². The van der Waals surface area contributed by atoms with Crippen molar-refractivity contribution >= 4 is 28.6 Å². The minimum absolute atomic E-state index is 0.00380. The predicted molar refractivity (Wildman–Crippen MR) is 128 cm³/mol. The van der Waals surface area contributed by atoms with E-state index in [2.05, 4.69) is 25.2 Å². The fourth-order valence-electron chi connectivity index (χ4n) is 4.47. The minimum atomic E-state index is -4.47. The molecule has 13 heteroatoms. The minimum Gasteiger partial charge on any atom is -0.474 e. The lowest BCUT2D eigenvalue weighted by Crippen LogP contribution is -2.37. The van der Waals surface area contributed by atoms with Gasteiger partial charge in [0.15, 0.2) is 0 Å². The number of nitrogens with zero attached hydrogens (tertiary/aromatic N) is 5. The van der Waals surface area contributed by atoms with Crippen molar-refractivity contribution in [2.24, 2.45) is 5.73 Å². The van der Waals surface area contributed by atoms with E-state index in [-0.39, 0.29) is 23.7 Å². The molecule has 0 bridgehead atoms. The highest BCUT2D eigenvalue weighted by molar-refractivity contribution is 5.97. The Balaban J connectivity index is 1.29. The van der Waals surface area contributed by atoms with Gasteiger partial charge in [0.2, 0.25) is 17.7 Å². The summed E-state index contributed by atoms with van der Waals surface area (Å²) in [5.74, 6) is 0.681. The molecule has 2 aliphatic rings. The quantitative estimate of drug-likeness (QED) is 0.507. The number of anilines is 2. The van der Waals surface area contributed by atoms with E-state index in [1.54, 1.807) is 6.07 Å². The van der Waals surface area contributed by atoms with Crippen LogP contribution < -0.4 is 20.7 Å². The molecule has 2 fully saturated rings. The molecule has 3 N–H and O–H groups in total. The molecular weight excluding hydrogens is 491 g/mol. The van der Waals surface area contributed by atoms with E-state index in [1.165, 1.54) is 6.20 Å². The van der Waals surface area contributed by atoms with Crippen LogP contribution in [0.2, 0.25) is 0 Å². The van der Waals surface area contributed by atoms with Crippen LogP contribution in [-0.2, 0) is 10.9 Å². The summed E-state index contributed by atoms with van der Waals surface area (Å²) in [5, 5.41) is 3.71.